The Morgan fingerprint density at radius 3 is 2.41 bits per heavy atom. The molecule has 29 heavy (non-hydrogen) atoms. The number of ether oxygens (including phenoxy) is 1. The number of hydroxylamine groups is 1. The van der Waals surface area contributed by atoms with Crippen molar-refractivity contribution in [3.8, 4) is 0 Å². The summed E-state index contributed by atoms with van der Waals surface area (Å²) >= 11 is 0. The van der Waals surface area contributed by atoms with E-state index in [1.165, 1.54) is 6.92 Å². The van der Waals surface area contributed by atoms with Crippen LogP contribution in [0.15, 0.2) is 30.3 Å². The van der Waals surface area contributed by atoms with E-state index < -0.39 is 5.60 Å². The standard InChI is InChI=1S/C21H30N4O4/c1-15(26)22-14-18-13-19(23-29-18)16-5-7-17(8-6-16)24-9-11-25(12-10-24)20(27)28-21(2,3)4/h5-8,13,18,23H,9-12,14H2,1-4H3,(H,22,26). The molecule has 3 rings (SSSR count). The van der Waals surface area contributed by atoms with E-state index in [-0.39, 0.29) is 18.1 Å². The number of benzene rings is 1. The number of carbonyl (C=O) groups excluding carboxylic acids is 2. The van der Waals surface area contributed by atoms with Gasteiger partial charge in [-0.15, -0.1) is 0 Å². The predicted molar refractivity (Wildman–Crippen MR) is 111 cm³/mol. The summed E-state index contributed by atoms with van der Waals surface area (Å²) in [6.07, 6.45) is 1.53. The fraction of sp³-hybridized carbons (Fsp3) is 0.524. The van der Waals surface area contributed by atoms with Gasteiger partial charge in [-0.2, -0.15) is 0 Å². The zero-order valence-electron chi connectivity index (χ0n) is 17.5. The van der Waals surface area contributed by atoms with Crippen molar-refractivity contribution in [2.24, 2.45) is 0 Å². The molecular formula is C21H30N4O4. The average Bonchev–Trinajstić information content (AvgIpc) is 3.14. The lowest BCUT2D eigenvalue weighted by Gasteiger charge is -2.36. The van der Waals surface area contributed by atoms with Crippen LogP contribution in [0.5, 0.6) is 0 Å². The van der Waals surface area contributed by atoms with Gasteiger partial charge in [-0.25, -0.2) is 4.79 Å². The summed E-state index contributed by atoms with van der Waals surface area (Å²) in [7, 11) is 0. The highest BCUT2D eigenvalue weighted by molar-refractivity contribution is 5.73. The summed E-state index contributed by atoms with van der Waals surface area (Å²) in [6, 6.07) is 8.22. The van der Waals surface area contributed by atoms with Crippen molar-refractivity contribution in [3.05, 3.63) is 35.9 Å². The molecule has 2 heterocycles. The van der Waals surface area contributed by atoms with E-state index in [0.717, 1.165) is 30.0 Å². The Morgan fingerprint density at radius 2 is 1.83 bits per heavy atom. The van der Waals surface area contributed by atoms with Crippen LogP contribution in [0.25, 0.3) is 5.70 Å². The predicted octanol–water partition coefficient (Wildman–Crippen LogP) is 2.12. The maximum Gasteiger partial charge on any atom is 0.410 e. The molecule has 0 aliphatic carbocycles. The minimum absolute atomic E-state index is 0.0773. The van der Waals surface area contributed by atoms with Gasteiger partial charge in [0.2, 0.25) is 5.91 Å². The summed E-state index contributed by atoms with van der Waals surface area (Å²) < 4.78 is 5.45. The van der Waals surface area contributed by atoms with Crippen molar-refractivity contribution in [1.82, 2.24) is 15.7 Å². The summed E-state index contributed by atoms with van der Waals surface area (Å²) in [4.78, 5) is 32.7. The molecule has 1 aromatic carbocycles. The molecule has 0 spiro atoms. The van der Waals surface area contributed by atoms with Gasteiger partial charge in [0.05, 0.1) is 12.2 Å². The van der Waals surface area contributed by atoms with Crippen molar-refractivity contribution < 1.29 is 19.2 Å². The Hall–Kier alpha value is -2.74. The van der Waals surface area contributed by atoms with Gasteiger partial charge in [0.15, 0.2) is 0 Å². The molecule has 2 amide bonds. The molecule has 0 aromatic heterocycles. The van der Waals surface area contributed by atoms with Gasteiger partial charge in [-0.1, -0.05) is 12.1 Å². The zero-order chi connectivity index (χ0) is 21.0. The van der Waals surface area contributed by atoms with Crippen molar-refractivity contribution in [2.75, 3.05) is 37.6 Å². The summed E-state index contributed by atoms with van der Waals surface area (Å²) in [6.45, 7) is 10.4. The van der Waals surface area contributed by atoms with E-state index in [0.29, 0.717) is 19.6 Å². The van der Waals surface area contributed by atoms with Crippen LogP contribution in [0, 0.1) is 0 Å². The van der Waals surface area contributed by atoms with E-state index in [1.54, 1.807) is 4.90 Å². The Balaban J connectivity index is 1.53. The molecule has 8 nitrogen and oxygen atoms in total. The highest BCUT2D eigenvalue weighted by Gasteiger charge is 2.26. The van der Waals surface area contributed by atoms with Gasteiger partial charge in [0, 0.05) is 38.8 Å². The molecule has 158 valence electrons. The molecule has 1 saturated heterocycles. The molecule has 2 aliphatic rings. The van der Waals surface area contributed by atoms with Crippen molar-refractivity contribution in [3.63, 3.8) is 0 Å². The summed E-state index contributed by atoms with van der Waals surface area (Å²) in [5.41, 5.74) is 5.47. The number of hydrogen-bond donors (Lipinski definition) is 2. The first kappa shape index (κ1) is 21.0. The first-order valence-corrected chi connectivity index (χ1v) is 9.92. The normalized spacial score (nSPS) is 19.4. The topological polar surface area (TPSA) is 83.1 Å². The lowest BCUT2D eigenvalue weighted by Crippen LogP contribution is -2.50. The minimum Gasteiger partial charge on any atom is -0.444 e. The van der Waals surface area contributed by atoms with Crippen LogP contribution >= 0.6 is 0 Å². The molecular weight excluding hydrogens is 372 g/mol. The van der Waals surface area contributed by atoms with Gasteiger partial charge < -0.3 is 19.9 Å². The SMILES string of the molecule is CC(=O)NCC1C=C(c2ccc(N3CCN(C(=O)OC(C)(C)C)CC3)cc2)NO1. The molecule has 0 saturated carbocycles. The van der Waals surface area contributed by atoms with Gasteiger partial charge in [0.1, 0.15) is 11.7 Å². The highest BCUT2D eigenvalue weighted by atomic mass is 16.7. The molecule has 0 bridgehead atoms. The summed E-state index contributed by atoms with van der Waals surface area (Å²) in [5.74, 6) is -0.0773. The van der Waals surface area contributed by atoms with Crippen LogP contribution in [0.1, 0.15) is 33.3 Å². The summed E-state index contributed by atoms with van der Waals surface area (Å²) in [5, 5.41) is 2.74. The maximum absolute atomic E-state index is 12.2. The zero-order valence-corrected chi connectivity index (χ0v) is 17.5. The van der Waals surface area contributed by atoms with E-state index >= 15 is 0 Å². The van der Waals surface area contributed by atoms with Gasteiger partial charge in [-0.05, 0) is 44.5 Å². The van der Waals surface area contributed by atoms with Gasteiger partial charge >= 0.3 is 6.09 Å². The van der Waals surface area contributed by atoms with Crippen LogP contribution in [0.4, 0.5) is 10.5 Å². The molecule has 1 aromatic rings. The number of anilines is 1. The smallest absolute Gasteiger partial charge is 0.410 e. The third kappa shape index (κ3) is 5.87. The molecule has 2 aliphatic heterocycles. The van der Waals surface area contributed by atoms with E-state index in [1.807, 2.05) is 39.0 Å². The monoisotopic (exact) mass is 402 g/mol. The number of rotatable bonds is 4. The van der Waals surface area contributed by atoms with Crippen LogP contribution < -0.4 is 15.7 Å². The number of nitrogens with one attached hydrogen (secondary N) is 2. The fourth-order valence-corrected chi connectivity index (χ4v) is 3.22. The Morgan fingerprint density at radius 1 is 1.17 bits per heavy atom. The Bertz CT molecular complexity index is 762. The van der Waals surface area contributed by atoms with E-state index in [9.17, 15) is 9.59 Å². The number of amides is 2. The quantitative estimate of drug-likeness (QED) is 0.803. The third-order valence-electron chi connectivity index (χ3n) is 4.70. The lowest BCUT2D eigenvalue weighted by molar-refractivity contribution is -0.119. The second-order valence-corrected chi connectivity index (χ2v) is 8.28. The van der Waals surface area contributed by atoms with Gasteiger partial charge in [0.25, 0.3) is 0 Å². The van der Waals surface area contributed by atoms with Crippen LogP contribution in [-0.4, -0.2) is 61.3 Å². The van der Waals surface area contributed by atoms with Crippen molar-refractivity contribution in [2.45, 2.75) is 39.4 Å². The van der Waals surface area contributed by atoms with E-state index in [4.69, 9.17) is 9.57 Å². The highest BCUT2D eigenvalue weighted by Crippen LogP contribution is 2.23. The molecule has 0 radical (unpaired) electrons. The molecule has 1 atom stereocenters. The lowest BCUT2D eigenvalue weighted by atomic mass is 10.1. The van der Waals surface area contributed by atoms with Crippen molar-refractivity contribution in [1.29, 1.82) is 0 Å². The Labute approximate surface area is 171 Å². The molecule has 8 heteroatoms. The second-order valence-electron chi connectivity index (χ2n) is 8.28. The number of piperazine rings is 1. The number of hydrogen-bond acceptors (Lipinski definition) is 6. The molecule has 1 fully saturated rings. The molecule has 2 N–H and O–H groups in total. The van der Waals surface area contributed by atoms with Crippen LogP contribution in [0.3, 0.4) is 0 Å². The molecule has 1 unspecified atom stereocenters. The number of carbonyl (C=O) groups is 2. The van der Waals surface area contributed by atoms with Crippen LogP contribution in [-0.2, 0) is 14.4 Å². The maximum atomic E-state index is 12.2. The largest absolute Gasteiger partial charge is 0.444 e. The second kappa shape index (κ2) is 8.73. The van der Waals surface area contributed by atoms with Crippen molar-refractivity contribution >= 4 is 23.4 Å². The third-order valence-corrected chi connectivity index (χ3v) is 4.70. The fourth-order valence-electron chi connectivity index (χ4n) is 3.22. The average molecular weight is 402 g/mol. The van der Waals surface area contributed by atoms with Crippen LogP contribution in [0.2, 0.25) is 0 Å². The van der Waals surface area contributed by atoms with E-state index in [2.05, 4.69) is 27.8 Å². The minimum atomic E-state index is -0.474. The van der Waals surface area contributed by atoms with Gasteiger partial charge in [-0.3, -0.25) is 15.1 Å². The Kier molecular flexibility index (Phi) is 6.32. The first-order chi connectivity index (χ1) is 13.7. The number of nitrogens with zero attached hydrogens (tertiary/aromatic N) is 2. The first-order valence-electron chi connectivity index (χ1n) is 9.92.